The molecule has 0 atom stereocenters. The van der Waals surface area contributed by atoms with Crippen LogP contribution in [0, 0.1) is 0 Å². The molecule has 27 heavy (non-hydrogen) atoms. The number of hydrogen-bond acceptors (Lipinski definition) is 8. The summed E-state index contributed by atoms with van der Waals surface area (Å²) in [6.07, 6.45) is 1.29. The first-order valence-corrected chi connectivity index (χ1v) is 12.2. The van der Waals surface area contributed by atoms with Crippen molar-refractivity contribution < 1.29 is 13.2 Å². The van der Waals surface area contributed by atoms with Crippen molar-refractivity contribution >= 4 is 38.6 Å². The van der Waals surface area contributed by atoms with Crippen molar-refractivity contribution in [2.75, 3.05) is 77.1 Å². The smallest absolute Gasteiger partial charge is 0.211 e. The second kappa shape index (κ2) is 8.11. The number of hydrogen-bond donors (Lipinski definition) is 0. The Balaban J connectivity index is 1.42. The zero-order valence-corrected chi connectivity index (χ0v) is 17.9. The zero-order chi connectivity index (χ0) is 19.0. The predicted molar refractivity (Wildman–Crippen MR) is 107 cm³/mol. The minimum Gasteiger partial charge on any atom is -0.379 e. The van der Waals surface area contributed by atoms with Crippen LogP contribution in [0.1, 0.15) is 4.88 Å². The molecular weight excluding hydrogens is 410 g/mol. The van der Waals surface area contributed by atoms with E-state index in [0.29, 0.717) is 13.1 Å². The molecule has 3 aliphatic rings. The first kappa shape index (κ1) is 19.8. The Kier molecular flexibility index (Phi) is 5.96. The van der Waals surface area contributed by atoms with Crippen molar-refractivity contribution in [3.8, 4) is 0 Å². The Morgan fingerprint density at radius 3 is 2.48 bits per heavy atom. The van der Waals surface area contributed by atoms with Gasteiger partial charge in [0.2, 0.25) is 10.0 Å². The fourth-order valence-electron chi connectivity index (χ4n) is 3.85. The summed E-state index contributed by atoms with van der Waals surface area (Å²) in [5.41, 5.74) is 1.21. The van der Waals surface area contributed by atoms with E-state index in [4.69, 9.17) is 16.3 Å². The summed E-state index contributed by atoms with van der Waals surface area (Å²) in [5.74, 6) is 0. The van der Waals surface area contributed by atoms with Gasteiger partial charge in [-0.2, -0.15) is 4.31 Å². The number of anilines is 1. The number of nitrogens with zero attached hydrogens (tertiary/aromatic N) is 5. The Hall–Kier alpha value is -0.460. The lowest BCUT2D eigenvalue weighted by atomic mass is 10.3. The fourth-order valence-corrected chi connectivity index (χ4v) is 5.99. The van der Waals surface area contributed by atoms with Crippen LogP contribution >= 0.6 is 22.9 Å². The number of sulfonamides is 1. The van der Waals surface area contributed by atoms with E-state index in [1.807, 2.05) is 0 Å². The molecule has 0 radical (unpaired) electrons. The molecule has 2 saturated heterocycles. The summed E-state index contributed by atoms with van der Waals surface area (Å²) in [7, 11) is -3.09. The van der Waals surface area contributed by atoms with E-state index in [2.05, 4.69) is 25.9 Å². The molecule has 4 heterocycles. The second-order valence-corrected chi connectivity index (χ2v) is 11.0. The van der Waals surface area contributed by atoms with Crippen LogP contribution in [0.3, 0.4) is 0 Å². The van der Waals surface area contributed by atoms with E-state index in [0.717, 1.165) is 63.6 Å². The molecule has 1 aromatic heterocycles. The number of piperazine rings is 1. The van der Waals surface area contributed by atoms with Crippen molar-refractivity contribution in [2.45, 2.75) is 6.54 Å². The lowest BCUT2D eigenvalue weighted by molar-refractivity contribution is 0.0139. The molecular formula is C16H26ClN5O3S2. The van der Waals surface area contributed by atoms with Crippen molar-refractivity contribution in [1.82, 2.24) is 19.1 Å². The minimum absolute atomic E-state index is 0.565. The van der Waals surface area contributed by atoms with Gasteiger partial charge in [0.25, 0.3) is 0 Å². The maximum absolute atomic E-state index is 11.7. The highest BCUT2D eigenvalue weighted by atomic mass is 35.5. The van der Waals surface area contributed by atoms with E-state index in [-0.39, 0.29) is 0 Å². The van der Waals surface area contributed by atoms with Gasteiger partial charge in [0.15, 0.2) is 0 Å². The number of ether oxygens (including phenoxy) is 1. The molecule has 0 unspecified atom stereocenters. The largest absolute Gasteiger partial charge is 0.379 e. The summed E-state index contributed by atoms with van der Waals surface area (Å²) in [4.78, 5) is 6.02. The third kappa shape index (κ3) is 4.59. The normalized spacial score (nSPS) is 24.3. The van der Waals surface area contributed by atoms with Crippen molar-refractivity contribution in [3.05, 3.63) is 15.3 Å². The molecule has 2 fully saturated rings. The molecule has 0 aliphatic carbocycles. The standard InChI is InChI=1S/C16H26ClN5O3S2/c1-27(23,24)21-4-2-18(3-5-21)12-19-11-15-14(10-16(17)26-15)22(13-19)20-6-8-25-9-7-20/h10H,2-9,11-13H2,1H3. The monoisotopic (exact) mass is 435 g/mol. The number of hydrazine groups is 1. The highest BCUT2D eigenvalue weighted by Gasteiger charge is 2.31. The van der Waals surface area contributed by atoms with Gasteiger partial charge in [-0.1, -0.05) is 11.6 Å². The Labute approximate surface area is 169 Å². The number of morpholine rings is 1. The van der Waals surface area contributed by atoms with Crippen LogP contribution in [0.25, 0.3) is 0 Å². The van der Waals surface area contributed by atoms with E-state index >= 15 is 0 Å². The molecule has 4 rings (SSSR count). The van der Waals surface area contributed by atoms with Gasteiger partial charge < -0.3 is 4.74 Å². The molecule has 152 valence electrons. The highest BCUT2D eigenvalue weighted by molar-refractivity contribution is 7.88. The third-order valence-corrected chi connectivity index (χ3v) is 7.81. The Bertz CT molecular complexity index is 760. The quantitative estimate of drug-likeness (QED) is 0.692. The third-order valence-electron chi connectivity index (χ3n) is 5.27. The molecule has 0 saturated carbocycles. The summed E-state index contributed by atoms with van der Waals surface area (Å²) < 4.78 is 31.3. The molecule has 0 N–H and O–H groups in total. The maximum Gasteiger partial charge on any atom is 0.211 e. The molecule has 0 bridgehead atoms. The average molecular weight is 436 g/mol. The summed E-state index contributed by atoms with van der Waals surface area (Å²) in [6.45, 7) is 8.43. The Morgan fingerprint density at radius 1 is 1.11 bits per heavy atom. The first-order chi connectivity index (χ1) is 12.9. The van der Waals surface area contributed by atoms with Crippen molar-refractivity contribution in [3.63, 3.8) is 0 Å². The van der Waals surface area contributed by atoms with E-state index in [1.165, 1.54) is 16.8 Å². The lowest BCUT2D eigenvalue weighted by Gasteiger charge is -2.45. The van der Waals surface area contributed by atoms with Crippen LogP contribution in [0.4, 0.5) is 5.69 Å². The molecule has 1 aromatic rings. The molecule has 0 amide bonds. The minimum atomic E-state index is -3.09. The summed E-state index contributed by atoms with van der Waals surface area (Å²) in [5, 5.41) is 4.68. The first-order valence-electron chi connectivity index (χ1n) is 9.18. The average Bonchev–Trinajstić information content (AvgIpc) is 3.01. The van der Waals surface area contributed by atoms with E-state index in [1.54, 1.807) is 15.6 Å². The van der Waals surface area contributed by atoms with Gasteiger partial charge in [-0.15, -0.1) is 11.3 Å². The van der Waals surface area contributed by atoms with Crippen LogP contribution in [0.15, 0.2) is 6.07 Å². The van der Waals surface area contributed by atoms with Crippen LogP contribution in [0.2, 0.25) is 4.34 Å². The van der Waals surface area contributed by atoms with Gasteiger partial charge in [-0.3, -0.25) is 14.8 Å². The van der Waals surface area contributed by atoms with Crippen molar-refractivity contribution in [1.29, 1.82) is 0 Å². The maximum atomic E-state index is 11.7. The van der Waals surface area contributed by atoms with Gasteiger partial charge in [-0.05, 0) is 6.07 Å². The van der Waals surface area contributed by atoms with Gasteiger partial charge >= 0.3 is 0 Å². The lowest BCUT2D eigenvalue weighted by Crippen LogP contribution is -2.57. The summed E-state index contributed by atoms with van der Waals surface area (Å²) in [6, 6.07) is 2.07. The number of halogens is 1. The van der Waals surface area contributed by atoms with E-state index in [9.17, 15) is 8.42 Å². The summed E-state index contributed by atoms with van der Waals surface area (Å²) >= 11 is 7.96. The van der Waals surface area contributed by atoms with Crippen LogP contribution in [-0.2, 0) is 21.3 Å². The molecule has 0 aromatic carbocycles. The zero-order valence-electron chi connectivity index (χ0n) is 15.5. The van der Waals surface area contributed by atoms with E-state index < -0.39 is 10.0 Å². The fraction of sp³-hybridized carbons (Fsp3) is 0.750. The Morgan fingerprint density at radius 2 is 1.81 bits per heavy atom. The molecule has 3 aliphatic heterocycles. The van der Waals surface area contributed by atoms with Crippen LogP contribution in [-0.4, -0.2) is 99.6 Å². The number of rotatable bonds is 4. The van der Waals surface area contributed by atoms with Gasteiger partial charge in [0, 0.05) is 50.7 Å². The number of thiophene rings is 1. The molecule has 11 heteroatoms. The SMILES string of the molecule is CS(=O)(=O)N1CCN(CN2Cc3sc(Cl)cc3N(N3CCOCC3)C2)CC1. The highest BCUT2D eigenvalue weighted by Crippen LogP contribution is 2.38. The van der Waals surface area contributed by atoms with Gasteiger partial charge in [-0.25, -0.2) is 13.4 Å². The molecule has 8 nitrogen and oxygen atoms in total. The van der Waals surface area contributed by atoms with Crippen LogP contribution in [0.5, 0.6) is 0 Å². The van der Waals surface area contributed by atoms with Gasteiger partial charge in [0.1, 0.15) is 0 Å². The van der Waals surface area contributed by atoms with Crippen LogP contribution < -0.4 is 5.01 Å². The topological polar surface area (TPSA) is 59.6 Å². The number of fused-ring (bicyclic) bond motifs is 1. The molecule has 0 spiro atoms. The predicted octanol–water partition coefficient (Wildman–Crippen LogP) is 0.763. The van der Waals surface area contributed by atoms with Crippen molar-refractivity contribution in [2.24, 2.45) is 0 Å². The second-order valence-electron chi connectivity index (χ2n) is 7.22. The van der Waals surface area contributed by atoms with Gasteiger partial charge in [0.05, 0.1) is 42.8 Å².